The van der Waals surface area contributed by atoms with E-state index in [1.807, 2.05) is 18.2 Å². The smallest absolute Gasteiger partial charge is 0.325 e. The van der Waals surface area contributed by atoms with Crippen LogP contribution in [0.2, 0.25) is 0 Å². The number of carbonyl (C=O) groups excluding carboxylic acids is 1. The number of hydrogen-bond donors (Lipinski definition) is 1. The molecule has 4 nitrogen and oxygen atoms in total. The lowest BCUT2D eigenvalue weighted by atomic mass is 10.1. The van der Waals surface area contributed by atoms with Gasteiger partial charge in [-0.05, 0) is 35.0 Å². The van der Waals surface area contributed by atoms with Crippen molar-refractivity contribution in [3.8, 4) is 0 Å². The molecule has 98 valence electrons. The summed E-state index contributed by atoms with van der Waals surface area (Å²) in [7, 11) is 1.79. The van der Waals surface area contributed by atoms with Crippen LogP contribution in [-0.2, 0) is 9.53 Å². The number of anilines is 1. The van der Waals surface area contributed by atoms with E-state index in [0.717, 1.165) is 15.7 Å². The molecule has 18 heavy (non-hydrogen) atoms. The van der Waals surface area contributed by atoms with Gasteiger partial charge in [-0.15, -0.1) is 0 Å². The van der Waals surface area contributed by atoms with E-state index in [4.69, 9.17) is 22.7 Å². The Morgan fingerprint density at radius 1 is 1.56 bits per heavy atom. The number of thiocarbonyl (C=S) groups is 1. The van der Waals surface area contributed by atoms with Crippen molar-refractivity contribution in [2.24, 2.45) is 5.73 Å². The fourth-order valence-corrected chi connectivity index (χ4v) is 2.48. The highest BCUT2D eigenvalue weighted by Gasteiger charge is 2.15. The van der Waals surface area contributed by atoms with Crippen molar-refractivity contribution in [2.45, 2.75) is 6.92 Å². The molecule has 0 aliphatic heterocycles. The SMILES string of the molecule is CCOC(=O)CN(C)c1cccc(Br)c1C(N)=S. The minimum atomic E-state index is -0.283. The second-order valence-electron chi connectivity index (χ2n) is 3.66. The van der Waals surface area contributed by atoms with Gasteiger partial charge >= 0.3 is 5.97 Å². The third kappa shape index (κ3) is 3.68. The molecule has 6 heteroatoms. The van der Waals surface area contributed by atoms with Crippen LogP contribution in [0.3, 0.4) is 0 Å². The zero-order valence-corrected chi connectivity index (χ0v) is 12.7. The third-order valence-electron chi connectivity index (χ3n) is 2.32. The third-order valence-corrected chi connectivity index (χ3v) is 3.19. The van der Waals surface area contributed by atoms with Crippen molar-refractivity contribution in [1.82, 2.24) is 0 Å². The lowest BCUT2D eigenvalue weighted by Crippen LogP contribution is -2.29. The number of ether oxygens (including phenoxy) is 1. The molecular weight excluding hydrogens is 316 g/mol. The van der Waals surface area contributed by atoms with Crippen molar-refractivity contribution in [1.29, 1.82) is 0 Å². The Hall–Kier alpha value is -1.14. The van der Waals surface area contributed by atoms with Crippen LogP contribution in [0.1, 0.15) is 12.5 Å². The summed E-state index contributed by atoms with van der Waals surface area (Å²) in [6, 6.07) is 5.58. The van der Waals surface area contributed by atoms with Crippen molar-refractivity contribution in [3.63, 3.8) is 0 Å². The first-order valence-electron chi connectivity index (χ1n) is 5.42. The van der Waals surface area contributed by atoms with Gasteiger partial charge in [-0.3, -0.25) is 4.79 Å². The monoisotopic (exact) mass is 330 g/mol. The molecule has 0 fully saturated rings. The van der Waals surface area contributed by atoms with Gasteiger partial charge in [0, 0.05) is 22.8 Å². The summed E-state index contributed by atoms with van der Waals surface area (Å²) in [5.74, 6) is -0.283. The van der Waals surface area contributed by atoms with E-state index in [2.05, 4.69) is 15.9 Å². The molecule has 0 saturated carbocycles. The molecule has 1 rings (SSSR count). The molecule has 0 atom stereocenters. The Bertz CT molecular complexity index is 465. The molecule has 0 unspecified atom stereocenters. The maximum Gasteiger partial charge on any atom is 0.325 e. The number of nitrogens with zero attached hydrogens (tertiary/aromatic N) is 1. The number of esters is 1. The Morgan fingerprint density at radius 3 is 2.78 bits per heavy atom. The molecule has 0 aromatic heterocycles. The van der Waals surface area contributed by atoms with Crippen LogP contribution in [0.4, 0.5) is 5.69 Å². The Balaban J connectivity index is 2.98. The number of halogens is 1. The number of rotatable bonds is 5. The second kappa shape index (κ2) is 6.70. The topological polar surface area (TPSA) is 55.6 Å². The normalized spacial score (nSPS) is 9.94. The fraction of sp³-hybridized carbons (Fsp3) is 0.333. The van der Waals surface area contributed by atoms with Crippen LogP contribution in [-0.4, -0.2) is 31.2 Å². The van der Waals surface area contributed by atoms with E-state index < -0.39 is 0 Å². The van der Waals surface area contributed by atoms with Gasteiger partial charge in [0.2, 0.25) is 0 Å². The van der Waals surface area contributed by atoms with Gasteiger partial charge in [-0.25, -0.2) is 0 Å². The van der Waals surface area contributed by atoms with Gasteiger partial charge in [-0.1, -0.05) is 18.3 Å². The summed E-state index contributed by atoms with van der Waals surface area (Å²) in [4.78, 5) is 13.5. The van der Waals surface area contributed by atoms with E-state index in [-0.39, 0.29) is 17.5 Å². The second-order valence-corrected chi connectivity index (χ2v) is 4.95. The van der Waals surface area contributed by atoms with Crippen molar-refractivity contribution < 1.29 is 9.53 Å². The molecule has 0 bridgehead atoms. The summed E-state index contributed by atoms with van der Waals surface area (Å²) in [6.45, 7) is 2.30. The van der Waals surface area contributed by atoms with Crippen LogP contribution in [0, 0.1) is 0 Å². The lowest BCUT2D eigenvalue weighted by Gasteiger charge is -2.21. The minimum absolute atomic E-state index is 0.153. The Labute approximate surface area is 120 Å². The summed E-state index contributed by atoms with van der Waals surface area (Å²) in [5.41, 5.74) is 7.22. The number of benzene rings is 1. The van der Waals surface area contributed by atoms with Crippen LogP contribution >= 0.6 is 28.1 Å². The van der Waals surface area contributed by atoms with Crippen LogP contribution in [0.15, 0.2) is 22.7 Å². The standard InChI is InChI=1S/C12H15BrN2O2S/c1-3-17-10(16)7-15(2)9-6-4-5-8(13)11(9)12(14)18/h4-6H,3,7H2,1-2H3,(H2,14,18). The van der Waals surface area contributed by atoms with E-state index in [1.54, 1.807) is 18.9 Å². The minimum Gasteiger partial charge on any atom is -0.465 e. The Morgan fingerprint density at radius 2 is 2.22 bits per heavy atom. The largest absolute Gasteiger partial charge is 0.465 e. The molecule has 1 aromatic carbocycles. The first-order chi connectivity index (χ1) is 8.47. The lowest BCUT2D eigenvalue weighted by molar-refractivity contribution is -0.141. The average Bonchev–Trinajstić information content (AvgIpc) is 2.28. The van der Waals surface area contributed by atoms with Crippen LogP contribution in [0.25, 0.3) is 0 Å². The number of likely N-dealkylation sites (N-methyl/N-ethyl adjacent to an activating group) is 1. The highest BCUT2D eigenvalue weighted by atomic mass is 79.9. The predicted octanol–water partition coefficient (Wildman–Crippen LogP) is 2.08. The summed E-state index contributed by atoms with van der Waals surface area (Å²) in [5, 5.41) is 0. The molecule has 0 heterocycles. The maximum absolute atomic E-state index is 11.5. The van der Waals surface area contributed by atoms with Crippen molar-refractivity contribution in [3.05, 3.63) is 28.2 Å². The van der Waals surface area contributed by atoms with Gasteiger partial charge in [0.15, 0.2) is 0 Å². The molecular formula is C12H15BrN2O2S. The van der Waals surface area contributed by atoms with E-state index in [1.165, 1.54) is 0 Å². The molecule has 0 saturated heterocycles. The van der Waals surface area contributed by atoms with E-state index in [9.17, 15) is 4.79 Å². The summed E-state index contributed by atoms with van der Waals surface area (Å²) >= 11 is 8.43. The summed E-state index contributed by atoms with van der Waals surface area (Å²) < 4.78 is 5.72. The molecule has 0 amide bonds. The van der Waals surface area contributed by atoms with Crippen molar-refractivity contribution >= 4 is 44.8 Å². The molecule has 0 spiro atoms. The predicted molar refractivity (Wildman–Crippen MR) is 79.9 cm³/mol. The zero-order valence-electron chi connectivity index (χ0n) is 10.3. The molecule has 0 aliphatic rings. The maximum atomic E-state index is 11.5. The number of nitrogens with two attached hydrogens (primary N) is 1. The first-order valence-corrected chi connectivity index (χ1v) is 6.62. The van der Waals surface area contributed by atoms with Gasteiger partial charge in [0.25, 0.3) is 0 Å². The van der Waals surface area contributed by atoms with Crippen LogP contribution < -0.4 is 10.6 Å². The highest BCUT2D eigenvalue weighted by molar-refractivity contribution is 9.10. The van der Waals surface area contributed by atoms with E-state index in [0.29, 0.717) is 6.61 Å². The molecule has 2 N–H and O–H groups in total. The van der Waals surface area contributed by atoms with Gasteiger partial charge in [0.1, 0.15) is 11.5 Å². The first kappa shape index (κ1) is 14.9. The number of hydrogen-bond acceptors (Lipinski definition) is 4. The fourth-order valence-electron chi connectivity index (χ4n) is 1.56. The zero-order chi connectivity index (χ0) is 13.7. The average molecular weight is 331 g/mol. The molecule has 1 aromatic rings. The molecule has 0 aliphatic carbocycles. The number of carbonyl (C=O) groups is 1. The van der Waals surface area contributed by atoms with Crippen molar-refractivity contribution in [2.75, 3.05) is 25.1 Å². The van der Waals surface area contributed by atoms with Gasteiger partial charge < -0.3 is 15.4 Å². The quantitative estimate of drug-likeness (QED) is 0.661. The van der Waals surface area contributed by atoms with E-state index >= 15 is 0 Å². The van der Waals surface area contributed by atoms with Gasteiger partial charge in [-0.2, -0.15) is 0 Å². The van der Waals surface area contributed by atoms with Crippen LogP contribution in [0.5, 0.6) is 0 Å². The van der Waals surface area contributed by atoms with Gasteiger partial charge in [0.05, 0.1) is 6.61 Å². The molecule has 0 radical (unpaired) electrons. The summed E-state index contributed by atoms with van der Waals surface area (Å²) in [6.07, 6.45) is 0. The highest BCUT2D eigenvalue weighted by Crippen LogP contribution is 2.27. The Kier molecular flexibility index (Phi) is 5.55.